The van der Waals surface area contributed by atoms with Crippen molar-refractivity contribution < 1.29 is 20.1 Å². The Kier molecular flexibility index (Phi) is 6.13. The zero-order valence-corrected chi connectivity index (χ0v) is 14.5. The highest BCUT2D eigenvalue weighted by atomic mass is 16.4. The topological polar surface area (TPSA) is 84.2 Å². The largest absolute Gasteiger partial charge is 0.389 e. The molecule has 0 radical (unpaired) electrons. The molecule has 0 spiro atoms. The van der Waals surface area contributed by atoms with Gasteiger partial charge >= 0.3 is 0 Å². The van der Waals surface area contributed by atoms with Gasteiger partial charge in [-0.1, -0.05) is 19.3 Å². The molecule has 4 unspecified atom stereocenters. The van der Waals surface area contributed by atoms with Gasteiger partial charge in [0, 0.05) is 32.2 Å². The van der Waals surface area contributed by atoms with Crippen LogP contribution in [0.2, 0.25) is 0 Å². The number of piperidine rings is 2. The Morgan fingerprint density at radius 1 is 0.958 bits per heavy atom. The van der Waals surface area contributed by atoms with E-state index in [1.807, 2.05) is 4.90 Å². The van der Waals surface area contributed by atoms with Gasteiger partial charge in [-0.15, -0.1) is 0 Å². The van der Waals surface area contributed by atoms with E-state index in [1.165, 1.54) is 32.1 Å². The van der Waals surface area contributed by atoms with Gasteiger partial charge in [-0.2, -0.15) is 0 Å². The van der Waals surface area contributed by atoms with E-state index in [1.54, 1.807) is 0 Å². The first-order valence-electron chi connectivity index (χ1n) is 9.56. The molecule has 6 heteroatoms. The third kappa shape index (κ3) is 4.10. The number of aliphatic hydroxyl groups is 3. The first kappa shape index (κ1) is 18.1. The van der Waals surface area contributed by atoms with Crippen molar-refractivity contribution in [2.45, 2.75) is 69.3 Å². The van der Waals surface area contributed by atoms with Crippen LogP contribution in [-0.4, -0.2) is 82.1 Å². The third-order valence-corrected chi connectivity index (χ3v) is 6.32. The van der Waals surface area contributed by atoms with Crippen LogP contribution < -0.4 is 0 Å². The zero-order valence-electron chi connectivity index (χ0n) is 14.5. The van der Waals surface area contributed by atoms with Crippen molar-refractivity contribution in [1.29, 1.82) is 0 Å². The van der Waals surface area contributed by atoms with Gasteiger partial charge in [0.1, 0.15) is 6.10 Å². The van der Waals surface area contributed by atoms with Crippen molar-refractivity contribution in [3.8, 4) is 0 Å². The van der Waals surface area contributed by atoms with Crippen LogP contribution in [0.4, 0.5) is 0 Å². The third-order valence-electron chi connectivity index (χ3n) is 6.32. The van der Waals surface area contributed by atoms with Gasteiger partial charge in [-0.3, -0.25) is 9.69 Å². The van der Waals surface area contributed by atoms with E-state index in [9.17, 15) is 20.1 Å². The molecule has 6 nitrogen and oxygen atoms in total. The Morgan fingerprint density at radius 2 is 1.62 bits per heavy atom. The summed E-state index contributed by atoms with van der Waals surface area (Å²) in [4.78, 5) is 15.5. The van der Waals surface area contributed by atoms with Crippen molar-refractivity contribution >= 4 is 6.41 Å². The minimum atomic E-state index is -1.03. The first-order chi connectivity index (χ1) is 11.6. The molecule has 1 amide bonds. The monoisotopic (exact) mass is 340 g/mol. The summed E-state index contributed by atoms with van der Waals surface area (Å²) in [5.74, 6) is 1.12. The fraction of sp³-hybridized carbons (Fsp3) is 0.944. The lowest BCUT2D eigenvalue weighted by atomic mass is 9.77. The molecule has 2 heterocycles. The summed E-state index contributed by atoms with van der Waals surface area (Å²) < 4.78 is 0. The van der Waals surface area contributed by atoms with Crippen molar-refractivity contribution in [2.75, 3.05) is 26.2 Å². The SMILES string of the molecule is O=CN1CCC(CN2CC(O)C(O)C(O)C2)CC1C1CCCCC1. The Balaban J connectivity index is 1.57. The summed E-state index contributed by atoms with van der Waals surface area (Å²) in [5, 5.41) is 29.4. The number of carbonyl (C=O) groups is 1. The number of aliphatic hydroxyl groups excluding tert-OH is 3. The predicted octanol–water partition coefficient (Wildman–Crippen LogP) is 0.202. The van der Waals surface area contributed by atoms with E-state index in [0.717, 1.165) is 32.3 Å². The minimum absolute atomic E-state index is 0.353. The molecule has 3 rings (SSSR count). The highest BCUT2D eigenvalue weighted by molar-refractivity contribution is 5.48. The maximum Gasteiger partial charge on any atom is 0.209 e. The lowest BCUT2D eigenvalue weighted by molar-refractivity contribution is -0.125. The van der Waals surface area contributed by atoms with Crippen molar-refractivity contribution in [1.82, 2.24) is 9.80 Å². The summed E-state index contributed by atoms with van der Waals surface area (Å²) in [5.41, 5.74) is 0. The van der Waals surface area contributed by atoms with E-state index >= 15 is 0 Å². The maximum absolute atomic E-state index is 11.5. The van der Waals surface area contributed by atoms with Crippen LogP contribution in [0, 0.1) is 11.8 Å². The van der Waals surface area contributed by atoms with Crippen molar-refractivity contribution in [3.05, 3.63) is 0 Å². The normalized spacial score (nSPS) is 39.8. The molecule has 3 aliphatic rings. The molecule has 2 saturated heterocycles. The van der Waals surface area contributed by atoms with Gasteiger partial charge in [0.05, 0.1) is 12.2 Å². The van der Waals surface area contributed by atoms with E-state index in [4.69, 9.17) is 0 Å². The van der Waals surface area contributed by atoms with Crippen LogP contribution in [0.15, 0.2) is 0 Å². The smallest absolute Gasteiger partial charge is 0.209 e. The lowest BCUT2D eigenvalue weighted by Crippen LogP contribution is -2.57. The molecule has 2 aliphatic heterocycles. The van der Waals surface area contributed by atoms with Crippen molar-refractivity contribution in [3.63, 3.8) is 0 Å². The van der Waals surface area contributed by atoms with E-state index in [2.05, 4.69) is 4.90 Å². The molecular weight excluding hydrogens is 308 g/mol. The molecular formula is C18H32N2O4. The van der Waals surface area contributed by atoms with Crippen LogP contribution in [0.5, 0.6) is 0 Å². The highest BCUT2D eigenvalue weighted by Gasteiger charge is 2.37. The molecule has 3 N–H and O–H groups in total. The molecule has 4 atom stereocenters. The standard InChI is InChI=1S/C18H32N2O4/c21-12-20-7-6-13(8-15(20)14-4-2-1-3-5-14)9-19-10-16(22)18(24)17(23)11-19/h12-18,22-24H,1-11H2. The van der Waals surface area contributed by atoms with Gasteiger partial charge < -0.3 is 20.2 Å². The molecule has 0 aromatic carbocycles. The van der Waals surface area contributed by atoms with Gasteiger partial charge in [-0.25, -0.2) is 0 Å². The summed E-state index contributed by atoms with van der Waals surface area (Å²) in [7, 11) is 0. The second-order valence-electron chi connectivity index (χ2n) is 8.04. The second kappa shape index (κ2) is 8.13. The lowest BCUT2D eigenvalue weighted by Gasteiger charge is -2.45. The molecule has 138 valence electrons. The first-order valence-corrected chi connectivity index (χ1v) is 9.56. The number of rotatable bonds is 4. The van der Waals surface area contributed by atoms with E-state index < -0.39 is 18.3 Å². The number of carbonyl (C=O) groups excluding carboxylic acids is 1. The van der Waals surface area contributed by atoms with Crippen LogP contribution >= 0.6 is 0 Å². The molecule has 24 heavy (non-hydrogen) atoms. The number of hydrogen-bond acceptors (Lipinski definition) is 5. The summed E-state index contributed by atoms with van der Waals surface area (Å²) in [6, 6.07) is 0.353. The fourth-order valence-electron chi connectivity index (χ4n) is 4.96. The molecule has 3 fully saturated rings. The number of nitrogens with zero attached hydrogens (tertiary/aromatic N) is 2. The van der Waals surface area contributed by atoms with E-state index in [0.29, 0.717) is 31.0 Å². The van der Waals surface area contributed by atoms with Crippen LogP contribution in [0.25, 0.3) is 0 Å². The highest BCUT2D eigenvalue weighted by Crippen LogP contribution is 2.35. The summed E-state index contributed by atoms with van der Waals surface area (Å²) in [6.45, 7) is 2.48. The molecule has 1 aliphatic carbocycles. The molecule has 1 saturated carbocycles. The average Bonchev–Trinajstić information content (AvgIpc) is 2.60. The van der Waals surface area contributed by atoms with Gasteiger partial charge in [-0.05, 0) is 37.5 Å². The second-order valence-corrected chi connectivity index (χ2v) is 8.04. The molecule has 0 aromatic heterocycles. The van der Waals surface area contributed by atoms with Gasteiger partial charge in [0.25, 0.3) is 0 Å². The zero-order chi connectivity index (χ0) is 17.1. The summed E-state index contributed by atoms with van der Waals surface area (Å²) >= 11 is 0. The quantitative estimate of drug-likeness (QED) is 0.637. The Morgan fingerprint density at radius 3 is 2.25 bits per heavy atom. The van der Waals surface area contributed by atoms with Gasteiger partial charge in [0.2, 0.25) is 6.41 Å². The number of likely N-dealkylation sites (tertiary alicyclic amines) is 2. The van der Waals surface area contributed by atoms with E-state index in [-0.39, 0.29) is 0 Å². The Bertz CT molecular complexity index is 404. The fourth-order valence-corrected chi connectivity index (χ4v) is 4.96. The van der Waals surface area contributed by atoms with Crippen LogP contribution in [-0.2, 0) is 4.79 Å². The van der Waals surface area contributed by atoms with Crippen LogP contribution in [0.3, 0.4) is 0 Å². The number of amides is 1. The number of β-amino-alcohol motifs (C(OH)–C–C–N with tert-alkyl or cyclic N) is 2. The average molecular weight is 340 g/mol. The number of hydrogen-bond donors (Lipinski definition) is 3. The molecule has 0 aromatic rings. The summed E-state index contributed by atoms with van der Waals surface area (Å²) in [6.07, 6.45) is 6.58. The predicted molar refractivity (Wildman–Crippen MR) is 90.3 cm³/mol. The Labute approximate surface area is 144 Å². The van der Waals surface area contributed by atoms with Gasteiger partial charge in [0.15, 0.2) is 0 Å². The molecule has 0 bridgehead atoms. The van der Waals surface area contributed by atoms with Crippen LogP contribution in [0.1, 0.15) is 44.9 Å². The Hall–Kier alpha value is -0.690. The minimum Gasteiger partial charge on any atom is -0.389 e. The maximum atomic E-state index is 11.5. The van der Waals surface area contributed by atoms with Crippen molar-refractivity contribution in [2.24, 2.45) is 11.8 Å².